The second-order valence-electron chi connectivity index (χ2n) is 6.57. The Balaban J connectivity index is 1.56. The van der Waals surface area contributed by atoms with Gasteiger partial charge in [-0.1, -0.05) is 42.5 Å². The number of rotatable bonds is 7. The van der Waals surface area contributed by atoms with Crippen LogP contribution in [0.3, 0.4) is 0 Å². The maximum Gasteiger partial charge on any atom is 0.294 e. The lowest BCUT2D eigenvalue weighted by Crippen LogP contribution is -2.17. The molecule has 0 amide bonds. The number of hydrogen-bond acceptors (Lipinski definition) is 6. The number of benzene rings is 2. The van der Waals surface area contributed by atoms with Gasteiger partial charge in [-0.15, -0.1) is 21.6 Å². The lowest BCUT2D eigenvalue weighted by Gasteiger charge is -2.04. The number of aryl methyl sites for hydroxylation is 1. The lowest BCUT2D eigenvalue weighted by molar-refractivity contribution is 0.341. The summed E-state index contributed by atoms with van der Waals surface area (Å²) in [5.41, 5.74) is 3.23. The Morgan fingerprint density at radius 2 is 1.87 bits per heavy atom. The molecule has 7 nitrogen and oxygen atoms in total. The third-order valence-electron chi connectivity index (χ3n) is 4.44. The predicted octanol–water partition coefficient (Wildman–Crippen LogP) is 5.47. The number of hydrogen-bond donors (Lipinski definition) is 1. The maximum atomic E-state index is 12.8. The van der Waals surface area contributed by atoms with E-state index >= 15 is 0 Å². The molecule has 4 aromatic rings. The Bertz CT molecular complexity index is 1220. The molecule has 2 aromatic heterocycles. The topological polar surface area (TPSA) is 84.6 Å². The van der Waals surface area contributed by atoms with Gasteiger partial charge in [-0.05, 0) is 26.0 Å². The Hall–Kier alpha value is -3.52. The standard InChI is InChI=1S/C22H21N5O2S/c1-3-29-19-12-8-7-11-17(19)24-25-21-15(2)26-27(22(21)28)13-20-23-18(14-30-20)16-9-5-4-6-10-16/h4-12,14,26H,3,13H2,1-2H3. The minimum atomic E-state index is -0.235. The van der Waals surface area contributed by atoms with Gasteiger partial charge in [0, 0.05) is 10.9 Å². The summed E-state index contributed by atoms with van der Waals surface area (Å²) in [6.45, 7) is 4.59. The van der Waals surface area contributed by atoms with Gasteiger partial charge >= 0.3 is 0 Å². The number of nitrogens with zero attached hydrogens (tertiary/aromatic N) is 4. The Labute approximate surface area is 177 Å². The first-order valence-corrected chi connectivity index (χ1v) is 10.5. The lowest BCUT2D eigenvalue weighted by atomic mass is 10.2. The highest BCUT2D eigenvalue weighted by Crippen LogP contribution is 2.28. The molecule has 2 aromatic carbocycles. The number of aromatic nitrogens is 3. The van der Waals surface area contributed by atoms with Crippen molar-refractivity contribution in [1.29, 1.82) is 0 Å². The molecular weight excluding hydrogens is 398 g/mol. The van der Waals surface area contributed by atoms with Gasteiger partial charge in [0.05, 0.1) is 24.5 Å². The van der Waals surface area contributed by atoms with E-state index in [9.17, 15) is 4.79 Å². The van der Waals surface area contributed by atoms with Crippen molar-refractivity contribution in [3.05, 3.63) is 81.0 Å². The summed E-state index contributed by atoms with van der Waals surface area (Å²) in [7, 11) is 0. The molecule has 0 radical (unpaired) electrons. The van der Waals surface area contributed by atoms with E-state index in [4.69, 9.17) is 4.74 Å². The van der Waals surface area contributed by atoms with Gasteiger partial charge in [-0.3, -0.25) is 9.89 Å². The highest BCUT2D eigenvalue weighted by Gasteiger charge is 2.13. The highest BCUT2D eigenvalue weighted by atomic mass is 32.1. The molecule has 0 bridgehead atoms. The number of nitrogens with one attached hydrogen (secondary N) is 1. The van der Waals surface area contributed by atoms with Crippen LogP contribution in [0.15, 0.2) is 75.0 Å². The van der Waals surface area contributed by atoms with Crippen molar-refractivity contribution < 1.29 is 4.74 Å². The average Bonchev–Trinajstić information content (AvgIpc) is 3.33. The van der Waals surface area contributed by atoms with Crippen LogP contribution in [-0.4, -0.2) is 21.4 Å². The Kier molecular flexibility index (Phi) is 5.85. The zero-order valence-corrected chi connectivity index (χ0v) is 17.5. The summed E-state index contributed by atoms with van der Waals surface area (Å²) in [5, 5.41) is 14.3. The molecule has 0 atom stereocenters. The minimum absolute atomic E-state index is 0.235. The van der Waals surface area contributed by atoms with Gasteiger partial charge in [-0.25, -0.2) is 9.67 Å². The molecule has 4 rings (SSSR count). The maximum absolute atomic E-state index is 12.8. The van der Waals surface area contributed by atoms with Crippen molar-refractivity contribution in [2.75, 3.05) is 6.61 Å². The smallest absolute Gasteiger partial charge is 0.294 e. The van der Waals surface area contributed by atoms with Gasteiger partial charge in [-0.2, -0.15) is 0 Å². The molecule has 0 aliphatic heterocycles. The largest absolute Gasteiger partial charge is 0.492 e. The predicted molar refractivity (Wildman–Crippen MR) is 118 cm³/mol. The van der Waals surface area contributed by atoms with Crippen molar-refractivity contribution in [2.45, 2.75) is 20.4 Å². The summed E-state index contributed by atoms with van der Waals surface area (Å²) in [4.78, 5) is 17.5. The molecule has 0 aliphatic carbocycles. The van der Waals surface area contributed by atoms with Gasteiger partial charge in [0.25, 0.3) is 5.56 Å². The van der Waals surface area contributed by atoms with Crippen LogP contribution < -0.4 is 10.3 Å². The first-order valence-electron chi connectivity index (χ1n) is 9.58. The number of para-hydroxylation sites is 1. The van der Waals surface area contributed by atoms with E-state index in [0.29, 0.717) is 30.3 Å². The molecule has 152 valence electrons. The summed E-state index contributed by atoms with van der Waals surface area (Å²) < 4.78 is 7.06. The molecule has 1 N–H and O–H groups in total. The van der Waals surface area contributed by atoms with Crippen LogP contribution in [-0.2, 0) is 6.54 Å². The van der Waals surface area contributed by atoms with E-state index < -0.39 is 0 Å². The summed E-state index contributed by atoms with van der Waals surface area (Å²) in [6.07, 6.45) is 0. The third-order valence-corrected chi connectivity index (χ3v) is 5.28. The average molecular weight is 420 g/mol. The second-order valence-corrected chi connectivity index (χ2v) is 7.51. The molecule has 2 heterocycles. The van der Waals surface area contributed by atoms with Gasteiger partial charge in [0.2, 0.25) is 0 Å². The van der Waals surface area contributed by atoms with Crippen molar-refractivity contribution in [2.24, 2.45) is 10.2 Å². The van der Waals surface area contributed by atoms with Crippen LogP contribution >= 0.6 is 11.3 Å². The monoisotopic (exact) mass is 419 g/mol. The Morgan fingerprint density at radius 1 is 1.10 bits per heavy atom. The first-order chi connectivity index (χ1) is 14.7. The third kappa shape index (κ3) is 4.23. The number of H-pyrrole nitrogens is 1. The molecule has 30 heavy (non-hydrogen) atoms. The van der Waals surface area contributed by atoms with Gasteiger partial charge in [0.15, 0.2) is 5.69 Å². The van der Waals surface area contributed by atoms with Gasteiger partial charge < -0.3 is 4.74 Å². The van der Waals surface area contributed by atoms with E-state index in [-0.39, 0.29) is 11.2 Å². The molecule has 0 aliphatic rings. The fourth-order valence-corrected chi connectivity index (χ4v) is 3.80. The molecule has 0 fully saturated rings. The summed E-state index contributed by atoms with van der Waals surface area (Å²) in [6, 6.07) is 17.3. The fraction of sp³-hybridized carbons (Fsp3) is 0.182. The van der Waals surface area contributed by atoms with Crippen LogP contribution in [0.25, 0.3) is 11.3 Å². The number of azo groups is 1. The summed E-state index contributed by atoms with van der Waals surface area (Å²) in [5.74, 6) is 0.633. The molecule has 0 unspecified atom stereocenters. The van der Waals surface area contributed by atoms with Crippen molar-refractivity contribution >= 4 is 22.7 Å². The highest BCUT2D eigenvalue weighted by molar-refractivity contribution is 7.09. The van der Waals surface area contributed by atoms with Crippen LogP contribution in [0.5, 0.6) is 5.75 Å². The Morgan fingerprint density at radius 3 is 2.67 bits per heavy atom. The van der Waals surface area contributed by atoms with Crippen LogP contribution in [0.2, 0.25) is 0 Å². The number of aromatic amines is 1. The molecule has 0 spiro atoms. The normalized spacial score (nSPS) is 11.3. The van der Waals surface area contributed by atoms with Crippen molar-refractivity contribution in [3.8, 4) is 17.0 Å². The van der Waals surface area contributed by atoms with E-state index in [1.165, 1.54) is 16.0 Å². The van der Waals surface area contributed by atoms with E-state index in [0.717, 1.165) is 16.3 Å². The minimum Gasteiger partial charge on any atom is -0.492 e. The molecular formula is C22H21N5O2S. The van der Waals surface area contributed by atoms with Gasteiger partial charge in [0.1, 0.15) is 16.4 Å². The molecule has 8 heteroatoms. The fourth-order valence-electron chi connectivity index (χ4n) is 3.00. The zero-order valence-electron chi connectivity index (χ0n) is 16.7. The second kappa shape index (κ2) is 8.87. The van der Waals surface area contributed by atoms with E-state index in [1.807, 2.05) is 60.8 Å². The summed E-state index contributed by atoms with van der Waals surface area (Å²) >= 11 is 1.52. The van der Waals surface area contributed by atoms with E-state index in [2.05, 4.69) is 20.3 Å². The van der Waals surface area contributed by atoms with Crippen LogP contribution in [0.4, 0.5) is 11.4 Å². The van der Waals surface area contributed by atoms with Crippen molar-refractivity contribution in [3.63, 3.8) is 0 Å². The van der Waals surface area contributed by atoms with Crippen LogP contribution in [0.1, 0.15) is 17.6 Å². The first kappa shape index (κ1) is 19.8. The quantitative estimate of drug-likeness (QED) is 0.403. The van der Waals surface area contributed by atoms with Crippen LogP contribution in [0, 0.1) is 6.92 Å². The SMILES string of the molecule is CCOc1ccccc1N=Nc1c(C)[nH]n(Cc2nc(-c3ccccc3)cs2)c1=O. The molecule has 0 saturated heterocycles. The molecule has 0 saturated carbocycles. The zero-order chi connectivity index (χ0) is 20.9. The number of ether oxygens (including phenoxy) is 1. The number of thiazole rings is 1. The van der Waals surface area contributed by atoms with Crippen molar-refractivity contribution in [1.82, 2.24) is 14.8 Å². The van der Waals surface area contributed by atoms with E-state index in [1.54, 1.807) is 13.0 Å².